The molecule has 2 atom stereocenters. The first-order valence-electron chi connectivity index (χ1n) is 6.20. The van der Waals surface area contributed by atoms with Crippen molar-refractivity contribution in [3.63, 3.8) is 0 Å². The zero-order valence-corrected chi connectivity index (χ0v) is 9.81. The molecule has 2 heterocycles. The molecule has 0 aromatic carbocycles. The van der Waals surface area contributed by atoms with Gasteiger partial charge in [-0.15, -0.1) is 0 Å². The first kappa shape index (κ1) is 14.9. The van der Waals surface area contributed by atoms with Gasteiger partial charge in [0.15, 0.2) is 0 Å². The topological polar surface area (TPSA) is 24.1 Å². The van der Waals surface area contributed by atoms with E-state index in [4.69, 9.17) is 0 Å². The van der Waals surface area contributed by atoms with Gasteiger partial charge in [-0.2, -0.15) is 0 Å². The van der Waals surface area contributed by atoms with Gasteiger partial charge in [-0.05, 0) is 63.7 Å². The van der Waals surface area contributed by atoms with Crippen molar-refractivity contribution in [2.24, 2.45) is 11.8 Å². The lowest BCUT2D eigenvalue weighted by molar-refractivity contribution is 0.405. The largest absolute Gasteiger partial charge is 0.316 e. The van der Waals surface area contributed by atoms with Gasteiger partial charge >= 0.3 is 0 Å². The summed E-state index contributed by atoms with van der Waals surface area (Å²) in [6, 6.07) is 0. The standard InChI is InChI=1S/2C6H13N.CH4/c2*1-6-3-2-4-7-5-6;/h2*6-7H,2-5H2,1H3;1H4/t2*6-;/m10./s1. The molecule has 0 spiro atoms. The summed E-state index contributed by atoms with van der Waals surface area (Å²) in [6.07, 6.45) is 5.60. The Morgan fingerprint density at radius 3 is 1.33 bits per heavy atom. The van der Waals surface area contributed by atoms with E-state index in [1.807, 2.05) is 0 Å². The van der Waals surface area contributed by atoms with Crippen molar-refractivity contribution < 1.29 is 0 Å². The van der Waals surface area contributed by atoms with Crippen molar-refractivity contribution in [3.8, 4) is 0 Å². The molecule has 2 aliphatic heterocycles. The van der Waals surface area contributed by atoms with Crippen LogP contribution in [-0.2, 0) is 0 Å². The van der Waals surface area contributed by atoms with E-state index in [1.165, 1.54) is 51.9 Å². The molecule has 0 aliphatic carbocycles. The fourth-order valence-electron chi connectivity index (χ4n) is 2.05. The molecule has 2 heteroatoms. The van der Waals surface area contributed by atoms with Gasteiger partial charge in [0, 0.05) is 0 Å². The predicted molar refractivity (Wildman–Crippen MR) is 69.3 cm³/mol. The summed E-state index contributed by atoms with van der Waals surface area (Å²) in [4.78, 5) is 0. The molecule has 92 valence electrons. The molecule has 2 saturated heterocycles. The van der Waals surface area contributed by atoms with E-state index >= 15 is 0 Å². The smallest absolute Gasteiger partial charge is 0.00231 e. The van der Waals surface area contributed by atoms with E-state index in [-0.39, 0.29) is 7.43 Å². The van der Waals surface area contributed by atoms with E-state index in [0.29, 0.717) is 0 Å². The van der Waals surface area contributed by atoms with Gasteiger partial charge < -0.3 is 10.6 Å². The van der Waals surface area contributed by atoms with Gasteiger partial charge in [0.1, 0.15) is 0 Å². The molecule has 15 heavy (non-hydrogen) atoms. The van der Waals surface area contributed by atoms with E-state index < -0.39 is 0 Å². The van der Waals surface area contributed by atoms with E-state index in [0.717, 1.165) is 11.8 Å². The van der Waals surface area contributed by atoms with Gasteiger partial charge in [-0.3, -0.25) is 0 Å². The van der Waals surface area contributed by atoms with Crippen LogP contribution in [0.3, 0.4) is 0 Å². The number of piperidine rings is 2. The Balaban J connectivity index is 0.000000245. The van der Waals surface area contributed by atoms with Gasteiger partial charge in [0.2, 0.25) is 0 Å². The van der Waals surface area contributed by atoms with Crippen LogP contribution in [0.5, 0.6) is 0 Å². The minimum absolute atomic E-state index is 0. The fraction of sp³-hybridized carbons (Fsp3) is 1.00. The number of nitrogens with one attached hydrogen (secondary N) is 2. The predicted octanol–water partition coefficient (Wildman–Crippen LogP) is 2.65. The van der Waals surface area contributed by atoms with Gasteiger partial charge in [-0.1, -0.05) is 21.3 Å². The van der Waals surface area contributed by atoms with Gasteiger partial charge in [0.25, 0.3) is 0 Å². The number of hydrogen-bond acceptors (Lipinski definition) is 2. The van der Waals surface area contributed by atoms with Gasteiger partial charge in [0.05, 0.1) is 0 Å². The highest BCUT2D eigenvalue weighted by molar-refractivity contribution is 4.63. The molecule has 0 aromatic heterocycles. The van der Waals surface area contributed by atoms with Crippen molar-refractivity contribution in [2.45, 2.75) is 47.0 Å². The molecule has 0 saturated carbocycles. The lowest BCUT2D eigenvalue weighted by Crippen LogP contribution is -2.27. The molecule has 2 rings (SSSR count). The van der Waals surface area contributed by atoms with E-state index in [2.05, 4.69) is 24.5 Å². The van der Waals surface area contributed by atoms with Crippen molar-refractivity contribution in [1.82, 2.24) is 10.6 Å². The summed E-state index contributed by atoms with van der Waals surface area (Å²) >= 11 is 0. The summed E-state index contributed by atoms with van der Waals surface area (Å²) in [7, 11) is 0. The normalized spacial score (nSPS) is 30.8. The summed E-state index contributed by atoms with van der Waals surface area (Å²) in [5.41, 5.74) is 0. The molecule has 0 aromatic rings. The van der Waals surface area contributed by atoms with Crippen LogP contribution in [0, 0.1) is 11.8 Å². The first-order chi connectivity index (χ1) is 6.79. The summed E-state index contributed by atoms with van der Waals surface area (Å²) in [6.45, 7) is 9.55. The molecular weight excluding hydrogens is 184 g/mol. The van der Waals surface area contributed by atoms with Crippen LogP contribution in [0.1, 0.15) is 47.0 Å². The maximum absolute atomic E-state index is 3.33. The monoisotopic (exact) mass is 214 g/mol. The summed E-state index contributed by atoms with van der Waals surface area (Å²) < 4.78 is 0. The van der Waals surface area contributed by atoms with Crippen LogP contribution in [-0.4, -0.2) is 26.2 Å². The lowest BCUT2D eigenvalue weighted by Gasteiger charge is -2.17. The molecule has 0 radical (unpaired) electrons. The summed E-state index contributed by atoms with van der Waals surface area (Å²) in [5, 5.41) is 6.67. The first-order valence-corrected chi connectivity index (χ1v) is 6.20. The fourth-order valence-corrected chi connectivity index (χ4v) is 2.05. The zero-order valence-electron chi connectivity index (χ0n) is 9.81. The second kappa shape index (κ2) is 9.17. The number of hydrogen-bond donors (Lipinski definition) is 2. The molecule has 0 unspecified atom stereocenters. The quantitative estimate of drug-likeness (QED) is 0.648. The van der Waals surface area contributed by atoms with Crippen molar-refractivity contribution in [2.75, 3.05) is 26.2 Å². The maximum Gasteiger partial charge on any atom is -0.00231 e. The minimum atomic E-state index is 0. The Bertz CT molecular complexity index is 108. The number of rotatable bonds is 0. The Kier molecular flexibility index (Phi) is 9.12. The maximum atomic E-state index is 3.33. The molecule has 2 aliphatic rings. The third kappa shape index (κ3) is 7.80. The van der Waals surface area contributed by atoms with Crippen molar-refractivity contribution in [3.05, 3.63) is 0 Å². The Morgan fingerprint density at radius 2 is 1.20 bits per heavy atom. The second-order valence-electron chi connectivity index (χ2n) is 4.90. The molecular formula is C13H30N2. The molecule has 0 bridgehead atoms. The highest BCUT2D eigenvalue weighted by Gasteiger charge is 2.05. The second-order valence-corrected chi connectivity index (χ2v) is 4.90. The van der Waals surface area contributed by atoms with Crippen LogP contribution < -0.4 is 10.6 Å². The summed E-state index contributed by atoms with van der Waals surface area (Å²) in [5.74, 6) is 1.85. The zero-order chi connectivity index (χ0) is 10.2. The average Bonchev–Trinajstić information content (AvgIpc) is 2.21. The highest BCUT2D eigenvalue weighted by Crippen LogP contribution is 2.07. The lowest BCUT2D eigenvalue weighted by atomic mass is 10.0. The van der Waals surface area contributed by atoms with E-state index in [1.54, 1.807) is 0 Å². The van der Waals surface area contributed by atoms with Crippen LogP contribution in [0.2, 0.25) is 0 Å². The molecule has 2 N–H and O–H groups in total. The van der Waals surface area contributed by atoms with Crippen LogP contribution >= 0.6 is 0 Å². The van der Waals surface area contributed by atoms with Crippen molar-refractivity contribution in [1.29, 1.82) is 0 Å². The van der Waals surface area contributed by atoms with Crippen LogP contribution in [0.15, 0.2) is 0 Å². The third-order valence-corrected chi connectivity index (χ3v) is 3.09. The van der Waals surface area contributed by atoms with Crippen molar-refractivity contribution >= 4 is 0 Å². The Labute approximate surface area is 96.2 Å². The SMILES string of the molecule is C.C[C@@H]1CCCNC1.C[C@H]1CCCNC1. The minimum Gasteiger partial charge on any atom is -0.316 e. The third-order valence-electron chi connectivity index (χ3n) is 3.09. The molecule has 2 nitrogen and oxygen atoms in total. The molecule has 2 fully saturated rings. The molecule has 0 amide bonds. The average molecular weight is 214 g/mol. The van der Waals surface area contributed by atoms with Gasteiger partial charge in [-0.25, -0.2) is 0 Å². The Morgan fingerprint density at radius 1 is 0.800 bits per heavy atom. The van der Waals surface area contributed by atoms with Crippen LogP contribution in [0.25, 0.3) is 0 Å². The van der Waals surface area contributed by atoms with Crippen LogP contribution in [0.4, 0.5) is 0 Å². The Hall–Kier alpha value is -0.0800. The van der Waals surface area contributed by atoms with E-state index in [9.17, 15) is 0 Å². The highest BCUT2D eigenvalue weighted by atomic mass is 14.9.